The van der Waals surface area contributed by atoms with E-state index in [1.807, 2.05) is 36.2 Å². The molecule has 3 rings (SSSR count). The first-order valence-corrected chi connectivity index (χ1v) is 7.26. The molecule has 0 aliphatic carbocycles. The van der Waals surface area contributed by atoms with Crippen molar-refractivity contribution in [2.24, 2.45) is 0 Å². The first kappa shape index (κ1) is 13.6. The summed E-state index contributed by atoms with van der Waals surface area (Å²) >= 11 is 0. The minimum Gasteiger partial charge on any atom is -0.338 e. The Kier molecular flexibility index (Phi) is 3.86. The average Bonchev–Trinajstić information content (AvgIpc) is 3.03. The molecule has 1 aromatic carbocycles. The van der Waals surface area contributed by atoms with Crippen molar-refractivity contribution in [1.29, 1.82) is 0 Å². The van der Waals surface area contributed by atoms with Crippen molar-refractivity contribution in [3.05, 3.63) is 54.2 Å². The molecule has 1 saturated heterocycles. The molecule has 2 heterocycles. The fraction of sp³-hybridized carbons (Fsp3) is 0.294. The van der Waals surface area contributed by atoms with Crippen molar-refractivity contribution in [1.82, 2.24) is 9.88 Å². The maximum atomic E-state index is 11.2. The van der Waals surface area contributed by atoms with E-state index in [0.29, 0.717) is 0 Å². The number of carbonyl (C=O) groups is 1. The van der Waals surface area contributed by atoms with Crippen molar-refractivity contribution in [3.63, 3.8) is 0 Å². The van der Waals surface area contributed by atoms with Crippen molar-refractivity contribution in [2.75, 3.05) is 18.5 Å². The molecule has 0 radical (unpaired) electrons. The van der Waals surface area contributed by atoms with Gasteiger partial charge in [-0.3, -0.25) is 4.79 Å². The van der Waals surface area contributed by atoms with Gasteiger partial charge in [-0.25, -0.2) is 4.98 Å². The number of para-hydroxylation sites is 1. The van der Waals surface area contributed by atoms with E-state index < -0.39 is 0 Å². The van der Waals surface area contributed by atoms with Gasteiger partial charge in [0.25, 0.3) is 0 Å². The van der Waals surface area contributed by atoms with E-state index in [4.69, 9.17) is 0 Å². The number of hydrogen-bond acceptors (Lipinski definition) is 3. The molecule has 108 valence electrons. The van der Waals surface area contributed by atoms with Crippen LogP contribution in [0.3, 0.4) is 0 Å². The third kappa shape index (κ3) is 2.61. The lowest BCUT2D eigenvalue weighted by molar-refractivity contribution is -0.118. The summed E-state index contributed by atoms with van der Waals surface area (Å²) in [5.41, 5.74) is 2.21. The highest BCUT2D eigenvalue weighted by Gasteiger charge is 2.28. The lowest BCUT2D eigenvalue weighted by Gasteiger charge is -2.26. The molecular weight excluding hydrogens is 262 g/mol. The summed E-state index contributed by atoms with van der Waals surface area (Å²) in [4.78, 5) is 19.7. The molecule has 4 heteroatoms. The molecule has 2 aromatic rings. The summed E-state index contributed by atoms with van der Waals surface area (Å²) in [5, 5.41) is 0. The number of aromatic nitrogens is 1. The molecule has 1 aromatic heterocycles. The quantitative estimate of drug-likeness (QED) is 0.808. The van der Waals surface area contributed by atoms with E-state index in [1.165, 1.54) is 0 Å². The average molecular weight is 281 g/mol. The Balaban J connectivity index is 1.98. The lowest BCUT2D eigenvalue weighted by Crippen LogP contribution is -2.23. The van der Waals surface area contributed by atoms with Crippen LogP contribution in [0.25, 0.3) is 0 Å². The molecule has 21 heavy (non-hydrogen) atoms. The number of likely N-dealkylation sites (tertiary alicyclic amines) is 1. The second-order valence-electron chi connectivity index (χ2n) is 5.31. The number of anilines is 2. The van der Waals surface area contributed by atoms with Crippen LogP contribution < -0.4 is 4.90 Å². The third-order valence-electron chi connectivity index (χ3n) is 4.07. The largest absolute Gasteiger partial charge is 0.338 e. The summed E-state index contributed by atoms with van der Waals surface area (Å²) in [6, 6.07) is 14.3. The first-order chi connectivity index (χ1) is 10.3. The van der Waals surface area contributed by atoms with E-state index in [-0.39, 0.29) is 6.04 Å². The highest BCUT2D eigenvalue weighted by atomic mass is 16.1. The van der Waals surface area contributed by atoms with E-state index in [9.17, 15) is 4.79 Å². The van der Waals surface area contributed by atoms with Gasteiger partial charge in [-0.1, -0.05) is 24.3 Å². The van der Waals surface area contributed by atoms with Gasteiger partial charge in [0, 0.05) is 31.0 Å². The molecule has 1 fully saturated rings. The van der Waals surface area contributed by atoms with Gasteiger partial charge in [-0.05, 0) is 31.0 Å². The van der Waals surface area contributed by atoms with Crippen LogP contribution >= 0.6 is 0 Å². The van der Waals surface area contributed by atoms with Crippen LogP contribution in [-0.2, 0) is 4.79 Å². The fourth-order valence-corrected chi connectivity index (χ4v) is 2.97. The van der Waals surface area contributed by atoms with Crippen LogP contribution in [0, 0.1) is 0 Å². The van der Waals surface area contributed by atoms with E-state index in [2.05, 4.69) is 28.1 Å². The van der Waals surface area contributed by atoms with Crippen molar-refractivity contribution in [3.8, 4) is 0 Å². The molecule has 4 nitrogen and oxygen atoms in total. The molecule has 0 spiro atoms. The van der Waals surface area contributed by atoms with Gasteiger partial charge in [-0.15, -0.1) is 0 Å². The van der Waals surface area contributed by atoms with Crippen LogP contribution in [-0.4, -0.2) is 29.9 Å². The SMILES string of the molecule is CN(c1ccccc1)c1ncccc1C1CCCN1C=O. The molecule has 1 unspecified atom stereocenters. The zero-order valence-electron chi connectivity index (χ0n) is 12.1. The monoisotopic (exact) mass is 281 g/mol. The van der Waals surface area contributed by atoms with Crippen molar-refractivity contribution >= 4 is 17.9 Å². The number of hydrogen-bond donors (Lipinski definition) is 0. The van der Waals surface area contributed by atoms with Gasteiger partial charge in [-0.2, -0.15) is 0 Å². The predicted octanol–water partition coefficient (Wildman–Crippen LogP) is 3.14. The Morgan fingerprint density at radius 1 is 1.24 bits per heavy atom. The summed E-state index contributed by atoms with van der Waals surface area (Å²) in [5.74, 6) is 0.919. The van der Waals surface area contributed by atoms with Crippen LogP contribution in [0.5, 0.6) is 0 Å². The van der Waals surface area contributed by atoms with Gasteiger partial charge in [0.15, 0.2) is 0 Å². The van der Waals surface area contributed by atoms with Crippen LogP contribution in [0.1, 0.15) is 24.4 Å². The van der Waals surface area contributed by atoms with Gasteiger partial charge >= 0.3 is 0 Å². The van der Waals surface area contributed by atoms with Gasteiger partial charge in [0.2, 0.25) is 6.41 Å². The molecule has 1 aliphatic heterocycles. The Bertz CT molecular complexity index is 614. The maximum absolute atomic E-state index is 11.2. The molecule has 1 amide bonds. The Morgan fingerprint density at radius 2 is 2.05 bits per heavy atom. The first-order valence-electron chi connectivity index (χ1n) is 7.26. The summed E-state index contributed by atoms with van der Waals surface area (Å²) < 4.78 is 0. The zero-order chi connectivity index (χ0) is 14.7. The molecule has 0 saturated carbocycles. The van der Waals surface area contributed by atoms with Gasteiger partial charge in [0.1, 0.15) is 5.82 Å². The standard InChI is InChI=1S/C17H19N3O/c1-19(14-7-3-2-4-8-14)17-15(9-5-11-18-17)16-10-6-12-20(16)13-21/h2-5,7-9,11,13,16H,6,10,12H2,1H3. The zero-order valence-corrected chi connectivity index (χ0v) is 12.1. The minimum absolute atomic E-state index is 0.136. The van der Waals surface area contributed by atoms with E-state index >= 15 is 0 Å². The van der Waals surface area contributed by atoms with Gasteiger partial charge < -0.3 is 9.80 Å². The fourth-order valence-electron chi connectivity index (χ4n) is 2.97. The predicted molar refractivity (Wildman–Crippen MR) is 83.5 cm³/mol. The molecule has 0 bridgehead atoms. The molecule has 0 N–H and O–H groups in total. The van der Waals surface area contributed by atoms with E-state index in [1.54, 1.807) is 6.20 Å². The number of carbonyl (C=O) groups excluding carboxylic acids is 1. The maximum Gasteiger partial charge on any atom is 0.210 e. The topological polar surface area (TPSA) is 36.4 Å². The second-order valence-corrected chi connectivity index (χ2v) is 5.31. The number of benzene rings is 1. The van der Waals surface area contributed by atoms with E-state index in [0.717, 1.165) is 42.9 Å². The summed E-state index contributed by atoms with van der Waals surface area (Å²) in [6.07, 6.45) is 4.81. The highest BCUT2D eigenvalue weighted by Crippen LogP contribution is 2.36. The summed E-state index contributed by atoms with van der Waals surface area (Å²) in [7, 11) is 2.02. The van der Waals surface area contributed by atoms with Crippen molar-refractivity contribution in [2.45, 2.75) is 18.9 Å². The highest BCUT2D eigenvalue weighted by molar-refractivity contribution is 5.63. The number of nitrogens with zero attached hydrogens (tertiary/aromatic N) is 3. The number of rotatable bonds is 4. The smallest absolute Gasteiger partial charge is 0.210 e. The van der Waals surface area contributed by atoms with Crippen LogP contribution in [0.2, 0.25) is 0 Å². The molecule has 1 aliphatic rings. The van der Waals surface area contributed by atoms with Crippen LogP contribution in [0.15, 0.2) is 48.7 Å². The Hall–Kier alpha value is -2.36. The second kappa shape index (κ2) is 5.95. The molecular formula is C17H19N3O. The number of pyridine rings is 1. The van der Waals surface area contributed by atoms with Gasteiger partial charge in [0.05, 0.1) is 6.04 Å². The Labute approximate surface area is 125 Å². The summed E-state index contributed by atoms with van der Waals surface area (Å²) in [6.45, 7) is 0.831. The number of amides is 1. The van der Waals surface area contributed by atoms with Crippen molar-refractivity contribution < 1.29 is 4.79 Å². The third-order valence-corrected chi connectivity index (χ3v) is 4.07. The lowest BCUT2D eigenvalue weighted by atomic mass is 10.0. The normalized spacial score (nSPS) is 17.8. The minimum atomic E-state index is 0.136. The Morgan fingerprint density at radius 3 is 2.81 bits per heavy atom. The van der Waals surface area contributed by atoms with Crippen LogP contribution in [0.4, 0.5) is 11.5 Å². The molecule has 1 atom stereocenters.